The number of aliphatic hydroxyl groups excluding tert-OH is 1. The Morgan fingerprint density at radius 2 is 1.09 bits per heavy atom. The predicted molar refractivity (Wildman–Crippen MR) is 113 cm³/mol. The third kappa shape index (κ3) is 6.56. The van der Waals surface area contributed by atoms with Crippen LogP contribution in [-0.2, 0) is 28.4 Å². The third-order valence-electron chi connectivity index (χ3n) is 8.01. The van der Waals surface area contributed by atoms with E-state index >= 15 is 0 Å². The number of hydrogen-bond donors (Lipinski definition) is 1. The van der Waals surface area contributed by atoms with Gasteiger partial charge in [0.25, 0.3) is 6.48 Å². The molecule has 3 aliphatic carbocycles. The van der Waals surface area contributed by atoms with Crippen molar-refractivity contribution in [2.75, 3.05) is 26.4 Å². The van der Waals surface area contributed by atoms with Gasteiger partial charge in [-0.3, -0.25) is 0 Å². The van der Waals surface area contributed by atoms with Crippen molar-refractivity contribution in [2.45, 2.75) is 95.1 Å². The van der Waals surface area contributed by atoms with Crippen LogP contribution < -0.4 is 0 Å². The van der Waals surface area contributed by atoms with Gasteiger partial charge in [-0.2, -0.15) is 0 Å². The molecule has 8 heteroatoms. The van der Waals surface area contributed by atoms with Crippen LogP contribution in [0.1, 0.15) is 64.2 Å². The lowest BCUT2D eigenvalue weighted by molar-refractivity contribution is -0.272. The molecule has 5 rings (SSSR count). The van der Waals surface area contributed by atoms with Crippen molar-refractivity contribution in [3.05, 3.63) is 0 Å². The normalized spacial score (nSPS) is 41.2. The second kappa shape index (κ2) is 10.6. The van der Waals surface area contributed by atoms with E-state index < -0.39 is 12.6 Å². The average molecular weight is 455 g/mol. The van der Waals surface area contributed by atoms with Gasteiger partial charge in [-0.05, 0) is 87.9 Å². The highest BCUT2D eigenvalue weighted by Crippen LogP contribution is 2.40. The van der Waals surface area contributed by atoms with E-state index in [9.17, 15) is 9.90 Å². The smallest absolute Gasteiger partial charge is 0.434 e. The SMILES string of the molecule is O=C(OCC1CCC(COC(O)OCC2CCC3OC3C2)CC1)OCC1CCC2OC2C1. The Morgan fingerprint density at radius 3 is 1.66 bits per heavy atom. The van der Waals surface area contributed by atoms with Crippen LogP contribution in [0.5, 0.6) is 0 Å². The summed E-state index contributed by atoms with van der Waals surface area (Å²) < 4.78 is 32.7. The summed E-state index contributed by atoms with van der Waals surface area (Å²) >= 11 is 0. The summed E-state index contributed by atoms with van der Waals surface area (Å²) in [6.07, 6.45) is 11.6. The Balaban J connectivity index is 0.877. The molecule has 32 heavy (non-hydrogen) atoms. The lowest BCUT2D eigenvalue weighted by atomic mass is 9.83. The first-order valence-electron chi connectivity index (χ1n) is 12.6. The number of hydrogen-bond acceptors (Lipinski definition) is 8. The molecule has 0 radical (unpaired) electrons. The first kappa shape index (κ1) is 22.8. The van der Waals surface area contributed by atoms with Gasteiger partial charge in [-0.15, -0.1) is 0 Å². The van der Waals surface area contributed by atoms with E-state index in [2.05, 4.69) is 0 Å². The van der Waals surface area contributed by atoms with E-state index in [0.717, 1.165) is 64.2 Å². The van der Waals surface area contributed by atoms with Gasteiger partial charge in [0.1, 0.15) is 0 Å². The Hall–Kier alpha value is -0.930. The maximum absolute atomic E-state index is 11.9. The molecule has 0 aromatic carbocycles. The molecule has 0 spiro atoms. The van der Waals surface area contributed by atoms with Crippen molar-refractivity contribution in [3.63, 3.8) is 0 Å². The molecular weight excluding hydrogens is 416 g/mol. The molecule has 1 N–H and O–H groups in total. The van der Waals surface area contributed by atoms with Crippen LogP contribution in [0.2, 0.25) is 0 Å². The van der Waals surface area contributed by atoms with E-state index in [0.29, 0.717) is 74.5 Å². The fourth-order valence-electron chi connectivity index (χ4n) is 5.74. The number of carbonyl (C=O) groups excluding carboxylic acids is 1. The third-order valence-corrected chi connectivity index (χ3v) is 8.01. The van der Waals surface area contributed by atoms with Crippen LogP contribution in [0.25, 0.3) is 0 Å². The molecule has 2 aliphatic heterocycles. The van der Waals surface area contributed by atoms with Crippen LogP contribution >= 0.6 is 0 Å². The molecule has 0 aromatic heterocycles. The average Bonchev–Trinajstić information content (AvgIpc) is 3.73. The standard InChI is InChI=1S/C24H38O8/c25-23(29-13-17-5-7-19-21(9-17)31-19)27-11-15-1-2-16(4-3-15)12-28-24(26)30-14-18-6-8-20-22(10-18)32-20/h15-23,25H,1-14H2. The highest BCUT2D eigenvalue weighted by atomic mass is 16.8. The molecule has 0 bridgehead atoms. The van der Waals surface area contributed by atoms with Gasteiger partial charge < -0.3 is 33.5 Å². The van der Waals surface area contributed by atoms with E-state index in [1.807, 2.05) is 0 Å². The van der Waals surface area contributed by atoms with Crippen LogP contribution in [0.15, 0.2) is 0 Å². The van der Waals surface area contributed by atoms with Crippen LogP contribution in [0.4, 0.5) is 4.79 Å². The van der Waals surface area contributed by atoms with Gasteiger partial charge >= 0.3 is 6.16 Å². The number of rotatable bonds is 10. The lowest BCUT2D eigenvalue weighted by Gasteiger charge is -2.28. The van der Waals surface area contributed by atoms with E-state index in [1.165, 1.54) is 0 Å². The second-order valence-corrected chi connectivity index (χ2v) is 10.5. The van der Waals surface area contributed by atoms with Crippen molar-refractivity contribution in [1.82, 2.24) is 0 Å². The minimum atomic E-state index is -1.15. The van der Waals surface area contributed by atoms with Gasteiger partial charge in [0.15, 0.2) is 0 Å². The Kier molecular flexibility index (Phi) is 7.53. The predicted octanol–water partition coefficient (Wildman–Crippen LogP) is 3.39. The first-order chi connectivity index (χ1) is 15.6. The summed E-state index contributed by atoms with van der Waals surface area (Å²) in [7, 11) is 0. The molecular formula is C24H38O8. The molecule has 7 unspecified atom stereocenters. The summed E-state index contributed by atoms with van der Waals surface area (Å²) in [6, 6.07) is 0. The number of carbonyl (C=O) groups is 1. The van der Waals surface area contributed by atoms with Crippen LogP contribution in [0, 0.1) is 23.7 Å². The minimum Gasteiger partial charge on any atom is -0.434 e. The zero-order valence-corrected chi connectivity index (χ0v) is 18.9. The van der Waals surface area contributed by atoms with Crippen molar-refractivity contribution >= 4 is 6.16 Å². The summed E-state index contributed by atoms with van der Waals surface area (Å²) in [4.78, 5) is 11.9. The van der Waals surface area contributed by atoms with Gasteiger partial charge in [-0.1, -0.05) is 0 Å². The summed E-state index contributed by atoms with van der Waals surface area (Å²) in [5, 5.41) is 9.99. The highest BCUT2D eigenvalue weighted by Gasteiger charge is 2.44. The van der Waals surface area contributed by atoms with Gasteiger partial charge in [0, 0.05) is 0 Å². The Labute approximate surface area is 190 Å². The van der Waals surface area contributed by atoms with Crippen LogP contribution in [0.3, 0.4) is 0 Å². The molecule has 182 valence electrons. The maximum atomic E-state index is 11.9. The molecule has 3 saturated carbocycles. The zero-order valence-electron chi connectivity index (χ0n) is 18.9. The van der Waals surface area contributed by atoms with E-state index in [-0.39, 0.29) is 0 Å². The van der Waals surface area contributed by atoms with Crippen molar-refractivity contribution < 1.29 is 38.3 Å². The summed E-state index contributed by atoms with van der Waals surface area (Å²) in [5.41, 5.74) is 0. The van der Waals surface area contributed by atoms with Crippen molar-refractivity contribution in [3.8, 4) is 0 Å². The fraction of sp³-hybridized carbons (Fsp3) is 0.958. The number of epoxide rings is 2. The highest BCUT2D eigenvalue weighted by molar-refractivity contribution is 5.59. The number of ether oxygens (including phenoxy) is 6. The largest absolute Gasteiger partial charge is 0.508 e. The summed E-state index contributed by atoms with van der Waals surface area (Å²) in [6.45, 7) is 0.746. The van der Waals surface area contributed by atoms with Crippen LogP contribution in [-0.4, -0.2) is 68.6 Å². The molecule has 2 heterocycles. The number of aliphatic hydroxyl groups is 1. The fourth-order valence-corrected chi connectivity index (χ4v) is 5.74. The molecule has 0 amide bonds. The van der Waals surface area contributed by atoms with Gasteiger partial charge in [-0.25, -0.2) is 4.79 Å². The van der Waals surface area contributed by atoms with Crippen molar-refractivity contribution in [2.24, 2.45) is 23.7 Å². The monoisotopic (exact) mass is 454 g/mol. The molecule has 5 fully saturated rings. The van der Waals surface area contributed by atoms with E-state index in [4.69, 9.17) is 28.4 Å². The zero-order chi connectivity index (χ0) is 21.9. The quantitative estimate of drug-likeness (QED) is 0.305. The lowest BCUT2D eigenvalue weighted by Crippen LogP contribution is -2.28. The molecule has 0 aromatic rings. The summed E-state index contributed by atoms with van der Waals surface area (Å²) in [5.74, 6) is 1.64. The number of fused-ring (bicyclic) bond motifs is 2. The Morgan fingerprint density at radius 1 is 0.656 bits per heavy atom. The molecule has 7 atom stereocenters. The second-order valence-electron chi connectivity index (χ2n) is 10.5. The molecule has 2 saturated heterocycles. The Bertz CT molecular complexity index is 621. The van der Waals surface area contributed by atoms with Gasteiger partial charge in [0.05, 0.1) is 50.8 Å². The van der Waals surface area contributed by atoms with Crippen molar-refractivity contribution in [1.29, 1.82) is 0 Å². The first-order valence-corrected chi connectivity index (χ1v) is 12.6. The maximum Gasteiger partial charge on any atom is 0.508 e. The minimum absolute atomic E-state index is 0.370. The molecule has 8 nitrogen and oxygen atoms in total. The molecule has 5 aliphatic rings. The van der Waals surface area contributed by atoms with Gasteiger partial charge in [0.2, 0.25) is 0 Å². The van der Waals surface area contributed by atoms with E-state index in [1.54, 1.807) is 0 Å². The topological polar surface area (TPSA) is 99.3 Å².